The Morgan fingerprint density at radius 2 is 2.00 bits per heavy atom. The highest BCUT2D eigenvalue weighted by Crippen LogP contribution is 2.21. The molecule has 1 aromatic carbocycles. The van der Waals surface area contributed by atoms with Crippen molar-refractivity contribution >= 4 is 11.6 Å². The van der Waals surface area contributed by atoms with Crippen molar-refractivity contribution in [3.05, 3.63) is 29.8 Å². The molecule has 0 aliphatic carbocycles. The molecule has 0 fully saturated rings. The molecule has 1 amide bonds. The van der Waals surface area contributed by atoms with Crippen LogP contribution >= 0.6 is 0 Å². The van der Waals surface area contributed by atoms with Gasteiger partial charge in [-0.1, -0.05) is 32.0 Å². The van der Waals surface area contributed by atoms with E-state index < -0.39 is 0 Å². The molecule has 0 aliphatic rings. The number of para-hydroxylation sites is 1. The second-order valence-electron chi connectivity index (χ2n) is 5.41. The number of anilines is 1. The predicted molar refractivity (Wildman–Crippen MR) is 81.3 cm³/mol. The molecule has 1 aromatic rings. The highest BCUT2D eigenvalue weighted by Gasteiger charge is 2.16. The number of carbonyl (C=O) groups is 1. The summed E-state index contributed by atoms with van der Waals surface area (Å²) in [5.74, 6) is 0.758. The fourth-order valence-electron chi connectivity index (χ4n) is 2.04. The van der Waals surface area contributed by atoms with Gasteiger partial charge in [-0.25, -0.2) is 0 Å². The number of hydrogen-bond acceptors (Lipinski definition) is 2. The first-order valence-electron chi connectivity index (χ1n) is 7.12. The minimum atomic E-state index is 0.205. The summed E-state index contributed by atoms with van der Waals surface area (Å²) < 4.78 is 0. The monoisotopic (exact) mass is 262 g/mol. The lowest BCUT2D eigenvalue weighted by molar-refractivity contribution is -0.118. The highest BCUT2D eigenvalue weighted by molar-refractivity contribution is 5.94. The number of nitrogens with two attached hydrogens (primary N) is 1. The molecule has 0 aliphatic heterocycles. The maximum atomic E-state index is 12.4. The fourth-order valence-corrected chi connectivity index (χ4v) is 2.04. The number of nitrogens with zero attached hydrogens (tertiary/aromatic N) is 1. The molecule has 0 atom stereocenters. The van der Waals surface area contributed by atoms with Crippen molar-refractivity contribution in [3.63, 3.8) is 0 Å². The van der Waals surface area contributed by atoms with Crippen molar-refractivity contribution in [2.24, 2.45) is 11.7 Å². The van der Waals surface area contributed by atoms with Gasteiger partial charge in [-0.3, -0.25) is 4.79 Å². The number of aryl methyl sites for hydroxylation is 1. The van der Waals surface area contributed by atoms with Crippen molar-refractivity contribution in [3.8, 4) is 0 Å². The topological polar surface area (TPSA) is 46.3 Å². The third-order valence-corrected chi connectivity index (χ3v) is 3.23. The summed E-state index contributed by atoms with van der Waals surface area (Å²) in [7, 11) is 0. The van der Waals surface area contributed by atoms with E-state index in [-0.39, 0.29) is 5.91 Å². The standard InChI is InChI=1S/C16H26N2O/c1-13(2)9-10-16(19)18(12-6-11-17)15-8-5-4-7-14(15)3/h4-5,7-8,13H,6,9-12,17H2,1-3H3. The van der Waals surface area contributed by atoms with Crippen LogP contribution in [-0.4, -0.2) is 19.0 Å². The SMILES string of the molecule is Cc1ccccc1N(CCCN)C(=O)CCC(C)C. The van der Waals surface area contributed by atoms with Gasteiger partial charge in [0.1, 0.15) is 0 Å². The summed E-state index contributed by atoms with van der Waals surface area (Å²) in [5, 5.41) is 0. The minimum Gasteiger partial charge on any atom is -0.330 e. The maximum Gasteiger partial charge on any atom is 0.226 e. The van der Waals surface area contributed by atoms with Crippen LogP contribution in [0.15, 0.2) is 24.3 Å². The third kappa shape index (κ3) is 5.03. The van der Waals surface area contributed by atoms with Gasteiger partial charge >= 0.3 is 0 Å². The molecule has 0 aromatic heterocycles. The van der Waals surface area contributed by atoms with Gasteiger partial charge in [-0.05, 0) is 43.9 Å². The molecular formula is C16H26N2O. The molecule has 2 N–H and O–H groups in total. The van der Waals surface area contributed by atoms with Crippen LogP contribution in [0, 0.1) is 12.8 Å². The molecule has 0 radical (unpaired) electrons. The number of rotatable bonds is 7. The van der Waals surface area contributed by atoms with Gasteiger partial charge in [-0.15, -0.1) is 0 Å². The Morgan fingerprint density at radius 3 is 2.58 bits per heavy atom. The second kappa shape index (κ2) is 7.95. The zero-order valence-corrected chi connectivity index (χ0v) is 12.4. The smallest absolute Gasteiger partial charge is 0.226 e. The summed E-state index contributed by atoms with van der Waals surface area (Å²) in [6.07, 6.45) is 2.38. The molecule has 0 bridgehead atoms. The first-order chi connectivity index (χ1) is 9.06. The predicted octanol–water partition coefficient (Wildman–Crippen LogP) is 3.11. The molecular weight excluding hydrogens is 236 g/mol. The molecule has 1 rings (SSSR count). The number of amides is 1. The van der Waals surface area contributed by atoms with E-state index in [4.69, 9.17) is 5.73 Å². The Bertz CT molecular complexity index is 401. The van der Waals surface area contributed by atoms with E-state index in [0.29, 0.717) is 25.4 Å². The van der Waals surface area contributed by atoms with E-state index in [1.54, 1.807) is 0 Å². The zero-order valence-electron chi connectivity index (χ0n) is 12.4. The van der Waals surface area contributed by atoms with Crippen LogP contribution in [0.2, 0.25) is 0 Å². The number of hydrogen-bond donors (Lipinski definition) is 1. The lowest BCUT2D eigenvalue weighted by atomic mass is 10.1. The van der Waals surface area contributed by atoms with Crippen LogP contribution in [0.5, 0.6) is 0 Å². The lowest BCUT2D eigenvalue weighted by Gasteiger charge is -2.25. The Hall–Kier alpha value is -1.35. The van der Waals surface area contributed by atoms with Gasteiger partial charge in [0.05, 0.1) is 0 Å². The molecule has 0 spiro atoms. The normalized spacial score (nSPS) is 10.8. The van der Waals surface area contributed by atoms with Gasteiger partial charge in [-0.2, -0.15) is 0 Å². The lowest BCUT2D eigenvalue weighted by Crippen LogP contribution is -2.33. The van der Waals surface area contributed by atoms with Crippen LogP contribution < -0.4 is 10.6 Å². The van der Waals surface area contributed by atoms with Crippen molar-refractivity contribution in [1.29, 1.82) is 0 Å². The van der Waals surface area contributed by atoms with Gasteiger partial charge < -0.3 is 10.6 Å². The van der Waals surface area contributed by atoms with Crippen LogP contribution in [0.1, 0.15) is 38.7 Å². The largest absolute Gasteiger partial charge is 0.330 e. The zero-order chi connectivity index (χ0) is 14.3. The van der Waals surface area contributed by atoms with E-state index in [2.05, 4.69) is 13.8 Å². The van der Waals surface area contributed by atoms with E-state index in [0.717, 1.165) is 24.1 Å². The van der Waals surface area contributed by atoms with Crippen molar-refractivity contribution in [2.75, 3.05) is 18.0 Å². The average Bonchev–Trinajstić information content (AvgIpc) is 2.38. The average molecular weight is 262 g/mol. The molecule has 19 heavy (non-hydrogen) atoms. The summed E-state index contributed by atoms with van der Waals surface area (Å²) in [5.41, 5.74) is 7.73. The Kier molecular flexibility index (Phi) is 6.57. The fraction of sp³-hybridized carbons (Fsp3) is 0.562. The molecule has 106 valence electrons. The summed E-state index contributed by atoms with van der Waals surface area (Å²) in [4.78, 5) is 14.3. The highest BCUT2D eigenvalue weighted by atomic mass is 16.2. The van der Waals surface area contributed by atoms with Gasteiger partial charge in [0, 0.05) is 18.7 Å². The Balaban J connectivity index is 2.82. The van der Waals surface area contributed by atoms with Crippen LogP contribution in [0.4, 0.5) is 5.69 Å². The Morgan fingerprint density at radius 1 is 1.32 bits per heavy atom. The first-order valence-corrected chi connectivity index (χ1v) is 7.12. The van der Waals surface area contributed by atoms with E-state index in [9.17, 15) is 4.79 Å². The molecule has 0 unspecified atom stereocenters. The maximum absolute atomic E-state index is 12.4. The Labute approximate surface area is 116 Å². The molecule has 3 nitrogen and oxygen atoms in total. The van der Waals surface area contributed by atoms with Crippen molar-refractivity contribution in [2.45, 2.75) is 40.0 Å². The second-order valence-corrected chi connectivity index (χ2v) is 5.41. The molecule has 0 saturated carbocycles. The van der Waals surface area contributed by atoms with Gasteiger partial charge in [0.15, 0.2) is 0 Å². The molecule has 0 saturated heterocycles. The number of benzene rings is 1. The van der Waals surface area contributed by atoms with E-state index in [1.165, 1.54) is 0 Å². The minimum absolute atomic E-state index is 0.205. The third-order valence-electron chi connectivity index (χ3n) is 3.23. The summed E-state index contributed by atoms with van der Waals surface area (Å²) >= 11 is 0. The van der Waals surface area contributed by atoms with Crippen LogP contribution in [0.3, 0.4) is 0 Å². The number of carbonyl (C=O) groups excluding carboxylic acids is 1. The molecule has 0 heterocycles. The van der Waals surface area contributed by atoms with Crippen LogP contribution in [-0.2, 0) is 4.79 Å². The summed E-state index contributed by atoms with van der Waals surface area (Å²) in [6.45, 7) is 7.65. The summed E-state index contributed by atoms with van der Waals surface area (Å²) in [6, 6.07) is 8.03. The van der Waals surface area contributed by atoms with E-state index >= 15 is 0 Å². The van der Waals surface area contributed by atoms with E-state index in [1.807, 2.05) is 36.1 Å². The quantitative estimate of drug-likeness (QED) is 0.820. The van der Waals surface area contributed by atoms with Gasteiger partial charge in [0.2, 0.25) is 5.91 Å². The molecule has 3 heteroatoms. The van der Waals surface area contributed by atoms with Crippen molar-refractivity contribution < 1.29 is 4.79 Å². The van der Waals surface area contributed by atoms with Crippen molar-refractivity contribution in [1.82, 2.24) is 0 Å². The van der Waals surface area contributed by atoms with Gasteiger partial charge in [0.25, 0.3) is 0 Å². The van der Waals surface area contributed by atoms with Crippen LogP contribution in [0.25, 0.3) is 0 Å². The first kappa shape index (κ1) is 15.7.